The van der Waals surface area contributed by atoms with E-state index < -0.39 is 0 Å². The van der Waals surface area contributed by atoms with Crippen LogP contribution in [0.25, 0.3) is 6.08 Å². The van der Waals surface area contributed by atoms with E-state index in [0.717, 1.165) is 37.4 Å². The molecule has 1 aromatic carbocycles. The number of rotatable bonds is 2. The van der Waals surface area contributed by atoms with Crippen molar-refractivity contribution in [2.24, 2.45) is 5.92 Å². The quantitative estimate of drug-likeness (QED) is 0.851. The number of carbonyl (C=O) groups is 1. The SMILES string of the molecule is CC1CCN(C(=O)N/C=C/c2ccccc2)CC1. The van der Waals surface area contributed by atoms with Gasteiger partial charge in [0, 0.05) is 19.3 Å². The van der Waals surface area contributed by atoms with E-state index in [-0.39, 0.29) is 6.03 Å². The number of benzene rings is 1. The van der Waals surface area contributed by atoms with E-state index in [9.17, 15) is 4.79 Å². The molecule has 0 saturated carbocycles. The third kappa shape index (κ3) is 3.62. The van der Waals surface area contributed by atoms with Crippen molar-refractivity contribution in [1.29, 1.82) is 0 Å². The first-order chi connectivity index (χ1) is 8.75. The van der Waals surface area contributed by atoms with E-state index >= 15 is 0 Å². The van der Waals surface area contributed by atoms with Crippen LogP contribution in [0.15, 0.2) is 36.5 Å². The lowest BCUT2D eigenvalue weighted by Crippen LogP contribution is -2.42. The molecule has 1 heterocycles. The van der Waals surface area contributed by atoms with Crippen LogP contribution in [0.1, 0.15) is 25.3 Å². The predicted molar refractivity (Wildman–Crippen MR) is 74.0 cm³/mol. The van der Waals surface area contributed by atoms with Crippen molar-refractivity contribution < 1.29 is 4.79 Å². The maximum absolute atomic E-state index is 11.9. The lowest BCUT2D eigenvalue weighted by molar-refractivity contribution is 0.177. The third-order valence-electron chi connectivity index (χ3n) is 3.35. The number of amides is 2. The minimum absolute atomic E-state index is 0.00841. The average molecular weight is 244 g/mol. The van der Waals surface area contributed by atoms with Gasteiger partial charge in [0.05, 0.1) is 0 Å². The molecule has 1 aliphatic rings. The van der Waals surface area contributed by atoms with Gasteiger partial charge in [0.2, 0.25) is 0 Å². The Morgan fingerprint density at radius 2 is 1.94 bits per heavy atom. The molecule has 18 heavy (non-hydrogen) atoms. The Labute approximate surface area is 108 Å². The van der Waals surface area contributed by atoms with Crippen LogP contribution < -0.4 is 5.32 Å². The van der Waals surface area contributed by atoms with Gasteiger partial charge >= 0.3 is 6.03 Å². The number of nitrogens with zero attached hydrogens (tertiary/aromatic N) is 1. The van der Waals surface area contributed by atoms with E-state index in [0.29, 0.717) is 0 Å². The second-order valence-electron chi connectivity index (χ2n) is 4.86. The highest BCUT2D eigenvalue weighted by molar-refractivity contribution is 5.76. The smallest absolute Gasteiger partial charge is 0.321 e. The van der Waals surface area contributed by atoms with Crippen molar-refractivity contribution in [3.63, 3.8) is 0 Å². The summed E-state index contributed by atoms with van der Waals surface area (Å²) in [6.07, 6.45) is 5.84. The molecule has 0 bridgehead atoms. The fraction of sp³-hybridized carbons (Fsp3) is 0.400. The summed E-state index contributed by atoms with van der Waals surface area (Å²) in [5.74, 6) is 0.744. The molecule has 1 aromatic rings. The van der Waals surface area contributed by atoms with Gasteiger partial charge < -0.3 is 10.2 Å². The first-order valence-corrected chi connectivity index (χ1v) is 6.53. The predicted octanol–water partition coefficient (Wildman–Crippen LogP) is 3.10. The van der Waals surface area contributed by atoms with Crippen molar-refractivity contribution in [2.45, 2.75) is 19.8 Å². The Kier molecular flexibility index (Phi) is 4.40. The summed E-state index contributed by atoms with van der Waals surface area (Å²) in [7, 11) is 0. The maximum atomic E-state index is 11.9. The van der Waals surface area contributed by atoms with Crippen LogP contribution in [0.2, 0.25) is 0 Å². The van der Waals surface area contributed by atoms with E-state index in [2.05, 4.69) is 12.2 Å². The molecule has 0 atom stereocenters. The average Bonchev–Trinajstić information content (AvgIpc) is 2.40. The number of hydrogen-bond donors (Lipinski definition) is 1. The summed E-state index contributed by atoms with van der Waals surface area (Å²) in [6.45, 7) is 3.98. The van der Waals surface area contributed by atoms with Crippen molar-refractivity contribution in [3.05, 3.63) is 42.1 Å². The molecule has 2 amide bonds. The summed E-state index contributed by atoms with van der Waals surface area (Å²) < 4.78 is 0. The van der Waals surface area contributed by atoms with Gasteiger partial charge in [0.1, 0.15) is 0 Å². The highest BCUT2D eigenvalue weighted by Gasteiger charge is 2.19. The van der Waals surface area contributed by atoms with Crippen LogP contribution in [-0.4, -0.2) is 24.0 Å². The van der Waals surface area contributed by atoms with Gasteiger partial charge in [-0.2, -0.15) is 0 Å². The molecule has 1 fully saturated rings. The zero-order valence-corrected chi connectivity index (χ0v) is 10.8. The highest BCUT2D eigenvalue weighted by Crippen LogP contribution is 2.15. The largest absolute Gasteiger partial charge is 0.325 e. The fourth-order valence-electron chi connectivity index (χ4n) is 2.08. The molecule has 0 unspecified atom stereocenters. The maximum Gasteiger partial charge on any atom is 0.321 e. The zero-order valence-electron chi connectivity index (χ0n) is 10.8. The molecular weight excluding hydrogens is 224 g/mol. The zero-order chi connectivity index (χ0) is 12.8. The van der Waals surface area contributed by atoms with Crippen LogP contribution in [0, 0.1) is 5.92 Å². The van der Waals surface area contributed by atoms with Gasteiger partial charge in [0.15, 0.2) is 0 Å². The number of hydrogen-bond acceptors (Lipinski definition) is 1. The Bertz CT molecular complexity index is 406. The summed E-state index contributed by atoms with van der Waals surface area (Å²) in [5.41, 5.74) is 1.09. The minimum Gasteiger partial charge on any atom is -0.325 e. The van der Waals surface area contributed by atoms with Crippen molar-refractivity contribution >= 4 is 12.1 Å². The summed E-state index contributed by atoms with van der Waals surface area (Å²) in [5, 5.41) is 2.82. The lowest BCUT2D eigenvalue weighted by Gasteiger charge is -2.29. The Hall–Kier alpha value is -1.77. The molecule has 0 aliphatic carbocycles. The van der Waals surface area contributed by atoms with Crippen molar-refractivity contribution in [2.75, 3.05) is 13.1 Å². The van der Waals surface area contributed by atoms with Gasteiger partial charge in [-0.25, -0.2) is 4.79 Å². The molecule has 1 aliphatic heterocycles. The molecule has 0 spiro atoms. The molecule has 96 valence electrons. The number of likely N-dealkylation sites (tertiary alicyclic amines) is 1. The van der Waals surface area contributed by atoms with E-state index in [1.807, 2.05) is 41.3 Å². The summed E-state index contributed by atoms with van der Waals surface area (Å²) in [6, 6.07) is 9.96. The van der Waals surface area contributed by atoms with E-state index in [4.69, 9.17) is 0 Å². The van der Waals surface area contributed by atoms with Crippen LogP contribution in [0.5, 0.6) is 0 Å². The first-order valence-electron chi connectivity index (χ1n) is 6.53. The van der Waals surface area contributed by atoms with Gasteiger partial charge in [-0.1, -0.05) is 37.3 Å². The summed E-state index contributed by atoms with van der Waals surface area (Å²) >= 11 is 0. The number of urea groups is 1. The van der Waals surface area contributed by atoms with Crippen LogP contribution >= 0.6 is 0 Å². The van der Waals surface area contributed by atoms with Gasteiger partial charge in [0.25, 0.3) is 0 Å². The van der Waals surface area contributed by atoms with E-state index in [1.165, 1.54) is 0 Å². The van der Waals surface area contributed by atoms with Gasteiger partial charge in [-0.05, 0) is 30.4 Å². The number of nitrogens with one attached hydrogen (secondary N) is 1. The van der Waals surface area contributed by atoms with Crippen LogP contribution in [-0.2, 0) is 0 Å². The monoisotopic (exact) mass is 244 g/mol. The first kappa shape index (κ1) is 12.7. The molecule has 0 aromatic heterocycles. The molecular formula is C15H20N2O. The number of carbonyl (C=O) groups excluding carboxylic acids is 1. The topological polar surface area (TPSA) is 32.3 Å². The molecule has 1 saturated heterocycles. The minimum atomic E-state index is 0.00841. The highest BCUT2D eigenvalue weighted by atomic mass is 16.2. The molecule has 3 nitrogen and oxygen atoms in total. The summed E-state index contributed by atoms with van der Waals surface area (Å²) in [4.78, 5) is 13.7. The third-order valence-corrected chi connectivity index (χ3v) is 3.35. The second kappa shape index (κ2) is 6.24. The van der Waals surface area contributed by atoms with Crippen molar-refractivity contribution in [3.8, 4) is 0 Å². The van der Waals surface area contributed by atoms with Gasteiger partial charge in [-0.15, -0.1) is 0 Å². The normalized spacial score (nSPS) is 17.1. The Morgan fingerprint density at radius 1 is 1.28 bits per heavy atom. The number of piperidine rings is 1. The second-order valence-corrected chi connectivity index (χ2v) is 4.86. The molecule has 2 rings (SSSR count). The van der Waals surface area contributed by atoms with E-state index in [1.54, 1.807) is 6.20 Å². The molecule has 0 radical (unpaired) electrons. The fourth-order valence-corrected chi connectivity index (χ4v) is 2.08. The van der Waals surface area contributed by atoms with Crippen LogP contribution in [0.3, 0.4) is 0 Å². The van der Waals surface area contributed by atoms with Gasteiger partial charge in [-0.3, -0.25) is 0 Å². The lowest BCUT2D eigenvalue weighted by atomic mass is 10.00. The molecule has 3 heteroatoms. The standard InChI is InChI=1S/C15H20N2O/c1-13-8-11-17(12-9-13)15(18)16-10-7-14-5-3-2-4-6-14/h2-7,10,13H,8-9,11-12H2,1H3,(H,16,18)/b10-7+. The van der Waals surface area contributed by atoms with Crippen molar-refractivity contribution in [1.82, 2.24) is 10.2 Å². The van der Waals surface area contributed by atoms with Crippen LogP contribution in [0.4, 0.5) is 4.79 Å². The molecule has 1 N–H and O–H groups in total. The Morgan fingerprint density at radius 3 is 2.61 bits per heavy atom. The Balaban J connectivity index is 1.80.